The lowest BCUT2D eigenvalue weighted by molar-refractivity contribution is 0.0844. The topological polar surface area (TPSA) is 89.6 Å². The van der Waals surface area contributed by atoms with E-state index in [-0.39, 0.29) is 5.91 Å². The van der Waals surface area contributed by atoms with Crippen LogP contribution in [0.25, 0.3) is 0 Å². The number of carbonyl (C=O) groups excluding carboxylic acids is 2. The van der Waals surface area contributed by atoms with Crippen LogP contribution >= 0.6 is 0 Å². The molecule has 0 bridgehead atoms. The summed E-state index contributed by atoms with van der Waals surface area (Å²) in [4.78, 5) is 26.5. The fourth-order valence-electron chi connectivity index (χ4n) is 2.27. The maximum absolute atomic E-state index is 12.0. The fraction of sp³-hybridized carbons (Fsp3) is 0.188. The lowest BCUT2D eigenvalue weighted by Crippen LogP contribution is -2.41. The first-order chi connectivity index (χ1) is 11.1. The predicted molar refractivity (Wildman–Crippen MR) is 87.2 cm³/mol. The molecule has 0 unspecified atom stereocenters. The molecule has 1 aliphatic heterocycles. The standard InChI is InChI=1S/C16H17N5O2/c1-11-8-10-21(20-11)13-6-4-12(5-7-13)15(22)18-19-16(23)14-3-2-9-17-14/h2-7,9,17H,8,10H2,1H3,(H,18,22)(H,19,23). The quantitative estimate of drug-likeness (QED) is 0.753. The Hall–Kier alpha value is -3.09. The molecule has 0 saturated heterocycles. The molecule has 0 saturated carbocycles. The van der Waals surface area contributed by atoms with Gasteiger partial charge in [-0.1, -0.05) is 0 Å². The van der Waals surface area contributed by atoms with Crippen LogP contribution in [0.15, 0.2) is 47.7 Å². The zero-order valence-corrected chi connectivity index (χ0v) is 12.7. The van der Waals surface area contributed by atoms with Crippen molar-refractivity contribution in [3.05, 3.63) is 53.9 Å². The smallest absolute Gasteiger partial charge is 0.286 e. The molecule has 118 valence electrons. The van der Waals surface area contributed by atoms with Crippen LogP contribution in [0.2, 0.25) is 0 Å². The van der Waals surface area contributed by atoms with Crippen LogP contribution in [0.5, 0.6) is 0 Å². The summed E-state index contributed by atoms with van der Waals surface area (Å²) >= 11 is 0. The number of aromatic amines is 1. The van der Waals surface area contributed by atoms with Crippen LogP contribution in [-0.4, -0.2) is 29.1 Å². The van der Waals surface area contributed by atoms with Gasteiger partial charge in [-0.15, -0.1) is 0 Å². The van der Waals surface area contributed by atoms with E-state index < -0.39 is 5.91 Å². The Morgan fingerprint density at radius 2 is 1.87 bits per heavy atom. The van der Waals surface area contributed by atoms with Crippen LogP contribution < -0.4 is 15.9 Å². The van der Waals surface area contributed by atoms with Gasteiger partial charge in [0.1, 0.15) is 5.69 Å². The number of aromatic nitrogens is 1. The van der Waals surface area contributed by atoms with Crippen molar-refractivity contribution in [2.45, 2.75) is 13.3 Å². The molecule has 0 spiro atoms. The van der Waals surface area contributed by atoms with E-state index in [1.54, 1.807) is 30.5 Å². The van der Waals surface area contributed by atoms with E-state index in [2.05, 4.69) is 20.9 Å². The average molecular weight is 311 g/mol. The zero-order chi connectivity index (χ0) is 16.2. The summed E-state index contributed by atoms with van der Waals surface area (Å²) in [6.45, 7) is 2.85. The normalized spacial score (nSPS) is 13.6. The molecule has 1 aromatic carbocycles. The molecule has 2 amide bonds. The second kappa shape index (κ2) is 6.35. The molecule has 3 N–H and O–H groups in total. The number of H-pyrrole nitrogens is 1. The number of hydrogen-bond acceptors (Lipinski definition) is 4. The third kappa shape index (κ3) is 3.39. The Morgan fingerprint density at radius 3 is 2.48 bits per heavy atom. The molecule has 1 aromatic heterocycles. The Morgan fingerprint density at radius 1 is 1.13 bits per heavy atom. The van der Waals surface area contributed by atoms with Crippen molar-refractivity contribution in [1.29, 1.82) is 0 Å². The number of hydrazone groups is 1. The summed E-state index contributed by atoms with van der Waals surface area (Å²) in [6, 6.07) is 10.4. The van der Waals surface area contributed by atoms with Gasteiger partial charge in [0.15, 0.2) is 0 Å². The second-order valence-electron chi connectivity index (χ2n) is 5.25. The van der Waals surface area contributed by atoms with E-state index in [1.807, 2.05) is 24.1 Å². The number of rotatable bonds is 3. The third-order valence-electron chi connectivity index (χ3n) is 3.54. The average Bonchev–Trinajstić information content (AvgIpc) is 3.24. The molecule has 0 radical (unpaired) electrons. The van der Waals surface area contributed by atoms with Crippen LogP contribution in [0.3, 0.4) is 0 Å². The summed E-state index contributed by atoms with van der Waals surface area (Å²) in [6.07, 6.45) is 2.59. The highest BCUT2D eigenvalue weighted by atomic mass is 16.2. The Kier molecular flexibility index (Phi) is 4.09. The van der Waals surface area contributed by atoms with E-state index >= 15 is 0 Å². The molecule has 23 heavy (non-hydrogen) atoms. The van der Waals surface area contributed by atoms with Crippen molar-refractivity contribution in [3.63, 3.8) is 0 Å². The molecule has 1 aliphatic rings. The second-order valence-corrected chi connectivity index (χ2v) is 5.25. The number of anilines is 1. The Bertz CT molecular complexity index is 734. The predicted octanol–water partition coefficient (Wildman–Crippen LogP) is 1.68. The van der Waals surface area contributed by atoms with E-state index in [1.165, 1.54) is 0 Å². The third-order valence-corrected chi connectivity index (χ3v) is 3.54. The van der Waals surface area contributed by atoms with Gasteiger partial charge >= 0.3 is 0 Å². The van der Waals surface area contributed by atoms with E-state index in [0.29, 0.717) is 11.3 Å². The van der Waals surface area contributed by atoms with E-state index in [9.17, 15) is 9.59 Å². The van der Waals surface area contributed by atoms with Crippen molar-refractivity contribution in [1.82, 2.24) is 15.8 Å². The van der Waals surface area contributed by atoms with Gasteiger partial charge < -0.3 is 4.98 Å². The van der Waals surface area contributed by atoms with Gasteiger partial charge in [0.25, 0.3) is 11.8 Å². The molecule has 7 nitrogen and oxygen atoms in total. The van der Waals surface area contributed by atoms with Crippen molar-refractivity contribution >= 4 is 23.2 Å². The number of benzene rings is 1. The zero-order valence-electron chi connectivity index (χ0n) is 12.7. The minimum atomic E-state index is -0.401. The number of amides is 2. The molecular formula is C16H17N5O2. The number of hydrogen-bond donors (Lipinski definition) is 3. The Labute approximate surface area is 133 Å². The monoisotopic (exact) mass is 311 g/mol. The number of nitrogens with one attached hydrogen (secondary N) is 3. The highest BCUT2D eigenvalue weighted by Gasteiger charge is 2.14. The summed E-state index contributed by atoms with van der Waals surface area (Å²) < 4.78 is 0. The van der Waals surface area contributed by atoms with Gasteiger partial charge in [-0.25, -0.2) is 0 Å². The fourth-order valence-corrected chi connectivity index (χ4v) is 2.27. The van der Waals surface area contributed by atoms with Crippen LogP contribution in [-0.2, 0) is 0 Å². The summed E-state index contributed by atoms with van der Waals surface area (Å²) in [5.41, 5.74) is 7.61. The molecule has 2 aromatic rings. The summed E-state index contributed by atoms with van der Waals surface area (Å²) in [5, 5.41) is 6.32. The minimum absolute atomic E-state index is 0.377. The molecule has 0 aliphatic carbocycles. The van der Waals surface area contributed by atoms with Crippen molar-refractivity contribution < 1.29 is 9.59 Å². The molecular weight excluding hydrogens is 294 g/mol. The number of nitrogens with zero attached hydrogens (tertiary/aromatic N) is 2. The lowest BCUT2D eigenvalue weighted by atomic mass is 10.2. The van der Waals surface area contributed by atoms with Crippen molar-refractivity contribution in [2.24, 2.45) is 5.10 Å². The minimum Gasteiger partial charge on any atom is -0.357 e. The first-order valence-corrected chi connectivity index (χ1v) is 7.29. The van der Waals surface area contributed by atoms with Gasteiger partial charge in [0, 0.05) is 30.4 Å². The molecule has 3 rings (SSSR count). The van der Waals surface area contributed by atoms with Gasteiger partial charge in [0.2, 0.25) is 0 Å². The largest absolute Gasteiger partial charge is 0.357 e. The van der Waals surface area contributed by atoms with Crippen molar-refractivity contribution in [2.75, 3.05) is 11.6 Å². The van der Waals surface area contributed by atoms with Gasteiger partial charge in [-0.05, 0) is 43.3 Å². The van der Waals surface area contributed by atoms with Crippen LogP contribution in [0.4, 0.5) is 5.69 Å². The first-order valence-electron chi connectivity index (χ1n) is 7.29. The van der Waals surface area contributed by atoms with E-state index in [0.717, 1.165) is 24.4 Å². The van der Waals surface area contributed by atoms with Crippen LogP contribution in [0.1, 0.15) is 34.2 Å². The number of carbonyl (C=O) groups is 2. The molecule has 0 atom stereocenters. The lowest BCUT2D eigenvalue weighted by Gasteiger charge is -2.14. The first kappa shape index (κ1) is 14.8. The van der Waals surface area contributed by atoms with Gasteiger partial charge in [-0.3, -0.25) is 25.4 Å². The SMILES string of the molecule is CC1=NN(c2ccc(C(=O)NNC(=O)c3ccc[nH]3)cc2)CC1. The summed E-state index contributed by atoms with van der Waals surface area (Å²) in [7, 11) is 0. The highest BCUT2D eigenvalue weighted by Crippen LogP contribution is 2.19. The maximum atomic E-state index is 12.0. The van der Waals surface area contributed by atoms with E-state index in [4.69, 9.17) is 0 Å². The number of hydrazine groups is 1. The van der Waals surface area contributed by atoms with Crippen molar-refractivity contribution in [3.8, 4) is 0 Å². The van der Waals surface area contributed by atoms with Gasteiger partial charge in [-0.2, -0.15) is 5.10 Å². The molecule has 2 heterocycles. The van der Waals surface area contributed by atoms with Crippen LogP contribution in [0, 0.1) is 0 Å². The maximum Gasteiger partial charge on any atom is 0.286 e. The molecule has 7 heteroatoms. The molecule has 0 fully saturated rings. The highest BCUT2D eigenvalue weighted by molar-refractivity contribution is 5.98. The Balaban J connectivity index is 1.58. The van der Waals surface area contributed by atoms with Gasteiger partial charge in [0.05, 0.1) is 5.69 Å². The summed E-state index contributed by atoms with van der Waals surface area (Å²) in [5.74, 6) is -0.778.